The van der Waals surface area contributed by atoms with Gasteiger partial charge >= 0.3 is 6.18 Å². The molecule has 1 N–H and O–H groups in total. The Kier molecular flexibility index (Phi) is 4.53. The van der Waals surface area contributed by atoms with Crippen molar-refractivity contribution in [2.45, 2.75) is 12.6 Å². The number of nitrogens with one attached hydrogen (secondary N) is 1. The average molecular weight is 295 g/mol. The first-order valence-corrected chi connectivity index (χ1v) is 6.50. The maximum atomic E-state index is 12.5. The standard InChI is InChI=1S/C16H16F3NO/c1-11-10-20-8-7-13(11)9-12(2)21-15-5-3-14(4-6-15)16(17,18)19/h3-6,9,20H,1-2,7-8,10H2/b13-9-. The summed E-state index contributed by atoms with van der Waals surface area (Å²) in [7, 11) is 0. The van der Waals surface area contributed by atoms with Gasteiger partial charge in [-0.25, -0.2) is 0 Å². The molecule has 1 fully saturated rings. The van der Waals surface area contributed by atoms with Crippen molar-refractivity contribution in [3.05, 3.63) is 66.0 Å². The van der Waals surface area contributed by atoms with Gasteiger partial charge < -0.3 is 10.1 Å². The number of benzene rings is 1. The molecule has 5 heteroatoms. The fourth-order valence-electron chi connectivity index (χ4n) is 2.01. The van der Waals surface area contributed by atoms with Crippen LogP contribution < -0.4 is 10.1 Å². The first-order valence-electron chi connectivity index (χ1n) is 6.50. The molecule has 0 amide bonds. The smallest absolute Gasteiger partial charge is 0.416 e. The van der Waals surface area contributed by atoms with Gasteiger partial charge in [-0.15, -0.1) is 0 Å². The molecular weight excluding hydrogens is 279 g/mol. The van der Waals surface area contributed by atoms with Crippen molar-refractivity contribution in [3.63, 3.8) is 0 Å². The van der Waals surface area contributed by atoms with Crippen LogP contribution >= 0.6 is 0 Å². The van der Waals surface area contributed by atoms with E-state index < -0.39 is 11.7 Å². The van der Waals surface area contributed by atoms with Gasteiger partial charge in [-0.1, -0.05) is 13.2 Å². The minimum Gasteiger partial charge on any atom is -0.458 e. The Balaban J connectivity index is 2.03. The van der Waals surface area contributed by atoms with Crippen LogP contribution in [-0.2, 0) is 6.18 Å². The number of alkyl halides is 3. The number of piperidine rings is 1. The van der Waals surface area contributed by atoms with Crippen molar-refractivity contribution in [1.82, 2.24) is 5.32 Å². The van der Waals surface area contributed by atoms with E-state index in [1.54, 1.807) is 6.08 Å². The second kappa shape index (κ2) is 6.18. The molecule has 0 radical (unpaired) electrons. The quantitative estimate of drug-likeness (QED) is 0.849. The summed E-state index contributed by atoms with van der Waals surface area (Å²) >= 11 is 0. The van der Waals surface area contributed by atoms with Gasteiger partial charge in [0, 0.05) is 6.54 Å². The van der Waals surface area contributed by atoms with Crippen molar-refractivity contribution in [3.8, 4) is 5.75 Å². The summed E-state index contributed by atoms with van der Waals surface area (Å²) in [5.41, 5.74) is 1.31. The molecule has 0 bridgehead atoms. The predicted octanol–water partition coefficient (Wildman–Crippen LogP) is 4.07. The molecule has 0 atom stereocenters. The number of hydrogen-bond donors (Lipinski definition) is 1. The van der Waals surface area contributed by atoms with Crippen LogP contribution in [0.5, 0.6) is 5.75 Å². The first kappa shape index (κ1) is 15.4. The summed E-state index contributed by atoms with van der Waals surface area (Å²) in [5.74, 6) is 0.706. The second-order valence-corrected chi connectivity index (χ2v) is 4.79. The van der Waals surface area contributed by atoms with Crippen LogP contribution in [0.3, 0.4) is 0 Å². The maximum absolute atomic E-state index is 12.5. The molecule has 2 rings (SSSR count). The molecular formula is C16H16F3NO. The van der Waals surface area contributed by atoms with Crippen LogP contribution in [0, 0.1) is 0 Å². The van der Waals surface area contributed by atoms with Gasteiger partial charge in [0.2, 0.25) is 0 Å². The molecule has 21 heavy (non-hydrogen) atoms. The zero-order valence-electron chi connectivity index (χ0n) is 11.5. The normalized spacial score (nSPS) is 17.9. The van der Waals surface area contributed by atoms with Crippen LogP contribution in [0.1, 0.15) is 12.0 Å². The Hall–Kier alpha value is -2.01. The zero-order chi connectivity index (χ0) is 15.5. The van der Waals surface area contributed by atoms with E-state index in [4.69, 9.17) is 4.74 Å². The minimum absolute atomic E-state index is 0.324. The van der Waals surface area contributed by atoms with E-state index in [1.807, 2.05) is 0 Å². The second-order valence-electron chi connectivity index (χ2n) is 4.79. The van der Waals surface area contributed by atoms with Crippen molar-refractivity contribution in [2.24, 2.45) is 0 Å². The van der Waals surface area contributed by atoms with Gasteiger partial charge in [-0.3, -0.25) is 0 Å². The van der Waals surface area contributed by atoms with Crippen LogP contribution in [-0.4, -0.2) is 13.1 Å². The number of allylic oxidation sites excluding steroid dienone is 1. The van der Waals surface area contributed by atoms with Crippen molar-refractivity contribution >= 4 is 0 Å². The van der Waals surface area contributed by atoms with Gasteiger partial charge in [0.15, 0.2) is 0 Å². The molecule has 1 aliphatic rings. The zero-order valence-corrected chi connectivity index (χ0v) is 11.5. The molecule has 0 saturated carbocycles. The first-order chi connectivity index (χ1) is 9.86. The predicted molar refractivity (Wildman–Crippen MR) is 75.9 cm³/mol. The maximum Gasteiger partial charge on any atom is 0.416 e. The van der Waals surface area contributed by atoms with E-state index in [2.05, 4.69) is 18.5 Å². The van der Waals surface area contributed by atoms with Gasteiger partial charge in [0.1, 0.15) is 11.5 Å². The fraction of sp³-hybridized carbons (Fsp3) is 0.250. The lowest BCUT2D eigenvalue weighted by Gasteiger charge is -2.18. The van der Waals surface area contributed by atoms with Crippen LogP contribution in [0.2, 0.25) is 0 Å². The Labute approximate surface area is 121 Å². The molecule has 112 valence electrons. The largest absolute Gasteiger partial charge is 0.458 e. The van der Waals surface area contributed by atoms with Crippen molar-refractivity contribution in [2.75, 3.05) is 13.1 Å². The van der Waals surface area contributed by atoms with Gasteiger partial charge in [0.25, 0.3) is 0 Å². The van der Waals surface area contributed by atoms with Crippen LogP contribution in [0.25, 0.3) is 0 Å². The highest BCUT2D eigenvalue weighted by atomic mass is 19.4. The van der Waals surface area contributed by atoms with Gasteiger partial charge in [-0.05, 0) is 54.5 Å². The highest BCUT2D eigenvalue weighted by Crippen LogP contribution is 2.30. The van der Waals surface area contributed by atoms with Gasteiger partial charge in [0.05, 0.1) is 5.56 Å². The van der Waals surface area contributed by atoms with Crippen molar-refractivity contribution < 1.29 is 17.9 Å². The Morgan fingerprint density at radius 3 is 2.48 bits per heavy atom. The molecule has 1 heterocycles. The Morgan fingerprint density at radius 1 is 1.24 bits per heavy atom. The Morgan fingerprint density at radius 2 is 1.90 bits per heavy atom. The average Bonchev–Trinajstić information content (AvgIpc) is 2.41. The lowest BCUT2D eigenvalue weighted by Crippen LogP contribution is -2.25. The summed E-state index contributed by atoms with van der Waals surface area (Å²) in [6.07, 6.45) is -1.74. The van der Waals surface area contributed by atoms with Crippen molar-refractivity contribution in [1.29, 1.82) is 0 Å². The monoisotopic (exact) mass is 295 g/mol. The third-order valence-corrected chi connectivity index (χ3v) is 3.13. The van der Waals surface area contributed by atoms with E-state index in [1.165, 1.54) is 12.1 Å². The molecule has 0 aliphatic carbocycles. The third-order valence-electron chi connectivity index (χ3n) is 3.13. The SMILES string of the molecule is C=C(/C=C1/CCNCC1=C)Oc1ccc(C(F)(F)F)cc1. The Bertz CT molecular complexity index is 570. The highest BCUT2D eigenvalue weighted by Gasteiger charge is 2.30. The molecule has 1 aromatic carbocycles. The molecule has 1 aromatic rings. The number of halogens is 3. The number of rotatable bonds is 3. The topological polar surface area (TPSA) is 21.3 Å². The number of ether oxygens (including phenoxy) is 1. The van der Waals surface area contributed by atoms with E-state index in [9.17, 15) is 13.2 Å². The third kappa shape index (κ3) is 4.23. The number of hydrogen-bond acceptors (Lipinski definition) is 2. The minimum atomic E-state index is -4.34. The van der Waals surface area contributed by atoms with Crippen LogP contribution in [0.15, 0.2) is 60.4 Å². The molecule has 0 unspecified atom stereocenters. The lowest BCUT2D eigenvalue weighted by molar-refractivity contribution is -0.137. The molecule has 0 spiro atoms. The van der Waals surface area contributed by atoms with Gasteiger partial charge in [-0.2, -0.15) is 13.2 Å². The summed E-state index contributed by atoms with van der Waals surface area (Å²) in [5, 5.41) is 3.19. The highest BCUT2D eigenvalue weighted by molar-refractivity contribution is 5.37. The van der Waals surface area contributed by atoms with E-state index in [0.29, 0.717) is 11.5 Å². The van der Waals surface area contributed by atoms with E-state index in [0.717, 1.165) is 42.8 Å². The summed E-state index contributed by atoms with van der Waals surface area (Å²) in [6, 6.07) is 4.53. The van der Waals surface area contributed by atoms with Crippen LogP contribution in [0.4, 0.5) is 13.2 Å². The summed E-state index contributed by atoms with van der Waals surface area (Å²) in [6.45, 7) is 9.29. The fourth-order valence-corrected chi connectivity index (χ4v) is 2.01. The summed E-state index contributed by atoms with van der Waals surface area (Å²) < 4.78 is 42.8. The molecule has 1 aliphatic heterocycles. The summed E-state index contributed by atoms with van der Waals surface area (Å²) in [4.78, 5) is 0. The molecule has 0 aromatic heterocycles. The lowest BCUT2D eigenvalue weighted by atomic mass is 10.0. The van der Waals surface area contributed by atoms with E-state index >= 15 is 0 Å². The van der Waals surface area contributed by atoms with E-state index in [-0.39, 0.29) is 0 Å². The molecule has 1 saturated heterocycles. The molecule has 2 nitrogen and oxygen atoms in total.